The topological polar surface area (TPSA) is 84.5 Å². The Balaban J connectivity index is 1.50. The molecule has 0 radical (unpaired) electrons. The van der Waals surface area contributed by atoms with Gasteiger partial charge in [0.25, 0.3) is 0 Å². The Kier molecular flexibility index (Phi) is 6.12. The maximum absolute atomic E-state index is 9.83. The van der Waals surface area contributed by atoms with Crippen molar-refractivity contribution in [2.75, 3.05) is 33.4 Å². The van der Waals surface area contributed by atoms with Crippen molar-refractivity contribution in [2.45, 2.75) is 32.3 Å². The van der Waals surface area contributed by atoms with Crippen molar-refractivity contribution in [3.8, 4) is 11.5 Å². The molecule has 2 aromatic rings. The highest BCUT2D eigenvalue weighted by Gasteiger charge is 2.23. The number of aliphatic hydroxyl groups excluding tert-OH is 1. The van der Waals surface area contributed by atoms with Crippen molar-refractivity contribution in [1.82, 2.24) is 20.0 Å². The van der Waals surface area contributed by atoms with Gasteiger partial charge in [0.05, 0.1) is 12.7 Å². The number of likely N-dealkylation sites (tertiary alicyclic amines) is 1. The van der Waals surface area contributed by atoms with E-state index in [9.17, 15) is 5.11 Å². The fourth-order valence-electron chi connectivity index (χ4n) is 3.27. The minimum Gasteiger partial charge on any atom is -0.389 e. The zero-order valence-corrected chi connectivity index (χ0v) is 14.9. The van der Waals surface area contributed by atoms with E-state index in [2.05, 4.69) is 20.0 Å². The predicted molar refractivity (Wildman–Crippen MR) is 93.0 cm³/mol. The molecule has 2 aromatic heterocycles. The SMILES string of the molecule is COCC(O)CN1CCC(Cc2nc(-c3cccc(C)n3)no2)CC1. The van der Waals surface area contributed by atoms with Crippen LogP contribution < -0.4 is 0 Å². The lowest BCUT2D eigenvalue weighted by Gasteiger charge is -2.32. The van der Waals surface area contributed by atoms with Crippen LogP contribution in [0.15, 0.2) is 22.7 Å². The Labute approximate surface area is 148 Å². The number of methoxy groups -OCH3 is 1. The Morgan fingerprint density at radius 2 is 2.12 bits per heavy atom. The zero-order valence-electron chi connectivity index (χ0n) is 14.9. The van der Waals surface area contributed by atoms with Crippen LogP contribution in [0.5, 0.6) is 0 Å². The van der Waals surface area contributed by atoms with Crippen LogP contribution in [0.25, 0.3) is 11.5 Å². The number of rotatable bonds is 7. The van der Waals surface area contributed by atoms with Gasteiger partial charge in [0.2, 0.25) is 11.7 Å². The molecule has 1 atom stereocenters. The second kappa shape index (κ2) is 8.51. The van der Waals surface area contributed by atoms with Crippen LogP contribution in [0.4, 0.5) is 0 Å². The van der Waals surface area contributed by atoms with E-state index in [-0.39, 0.29) is 0 Å². The molecule has 0 amide bonds. The van der Waals surface area contributed by atoms with Gasteiger partial charge in [-0.1, -0.05) is 11.2 Å². The van der Waals surface area contributed by atoms with E-state index in [1.807, 2.05) is 25.1 Å². The summed E-state index contributed by atoms with van der Waals surface area (Å²) in [6.07, 6.45) is 2.52. The molecule has 0 aliphatic carbocycles. The molecule has 0 saturated carbocycles. The molecule has 3 heterocycles. The number of hydrogen-bond acceptors (Lipinski definition) is 7. The van der Waals surface area contributed by atoms with Gasteiger partial charge >= 0.3 is 0 Å². The van der Waals surface area contributed by atoms with Crippen LogP contribution >= 0.6 is 0 Å². The lowest BCUT2D eigenvalue weighted by Crippen LogP contribution is -2.40. The molecule has 7 nitrogen and oxygen atoms in total. The molecule has 0 bridgehead atoms. The molecule has 0 aromatic carbocycles. The minimum atomic E-state index is -0.415. The van der Waals surface area contributed by atoms with Crippen molar-refractivity contribution in [2.24, 2.45) is 5.92 Å². The van der Waals surface area contributed by atoms with E-state index < -0.39 is 6.10 Å². The first-order chi connectivity index (χ1) is 12.1. The van der Waals surface area contributed by atoms with Crippen LogP contribution in [0, 0.1) is 12.8 Å². The van der Waals surface area contributed by atoms with Crippen LogP contribution in [0.3, 0.4) is 0 Å². The summed E-state index contributed by atoms with van der Waals surface area (Å²) in [5.41, 5.74) is 1.68. The number of β-amino-alcohol motifs (C(OH)–C–C–N with tert-alkyl or cyclic N) is 1. The summed E-state index contributed by atoms with van der Waals surface area (Å²) in [5.74, 6) is 1.77. The quantitative estimate of drug-likeness (QED) is 0.817. The summed E-state index contributed by atoms with van der Waals surface area (Å²) in [6.45, 7) is 4.96. The number of pyridine rings is 1. The fraction of sp³-hybridized carbons (Fsp3) is 0.611. The van der Waals surface area contributed by atoms with Crippen LogP contribution in [0.2, 0.25) is 0 Å². The van der Waals surface area contributed by atoms with Crippen molar-refractivity contribution in [3.63, 3.8) is 0 Å². The number of hydrogen-bond donors (Lipinski definition) is 1. The molecule has 1 aliphatic rings. The molecule has 1 N–H and O–H groups in total. The van der Waals surface area contributed by atoms with Crippen LogP contribution in [0.1, 0.15) is 24.4 Å². The summed E-state index contributed by atoms with van der Waals surface area (Å²) in [7, 11) is 1.61. The summed E-state index contributed by atoms with van der Waals surface area (Å²) < 4.78 is 10.4. The van der Waals surface area contributed by atoms with Crippen molar-refractivity contribution >= 4 is 0 Å². The maximum atomic E-state index is 9.83. The average molecular weight is 346 g/mol. The number of piperidine rings is 1. The minimum absolute atomic E-state index is 0.387. The van der Waals surface area contributed by atoms with Gasteiger partial charge in [-0.25, -0.2) is 4.98 Å². The average Bonchev–Trinajstić information content (AvgIpc) is 3.05. The second-order valence-electron chi connectivity index (χ2n) is 6.73. The fourth-order valence-corrected chi connectivity index (χ4v) is 3.27. The third-order valence-corrected chi connectivity index (χ3v) is 4.58. The molecule has 1 fully saturated rings. The first-order valence-electron chi connectivity index (χ1n) is 8.80. The number of ether oxygens (including phenoxy) is 1. The zero-order chi connectivity index (χ0) is 17.6. The van der Waals surface area contributed by atoms with Gasteiger partial charge in [-0.2, -0.15) is 4.98 Å². The number of aryl methyl sites for hydroxylation is 1. The van der Waals surface area contributed by atoms with Crippen molar-refractivity contribution in [1.29, 1.82) is 0 Å². The number of aliphatic hydroxyl groups is 1. The lowest BCUT2D eigenvalue weighted by molar-refractivity contribution is 0.0289. The van der Waals surface area contributed by atoms with Gasteiger partial charge in [0.1, 0.15) is 5.69 Å². The first-order valence-corrected chi connectivity index (χ1v) is 8.80. The van der Waals surface area contributed by atoms with Gasteiger partial charge in [-0.05, 0) is 50.9 Å². The highest BCUT2D eigenvalue weighted by molar-refractivity contribution is 5.47. The molecule has 7 heteroatoms. The third-order valence-electron chi connectivity index (χ3n) is 4.58. The Bertz CT molecular complexity index is 668. The molecule has 136 valence electrons. The summed E-state index contributed by atoms with van der Waals surface area (Å²) in [5, 5.41) is 13.9. The van der Waals surface area contributed by atoms with Crippen LogP contribution in [-0.4, -0.2) is 64.6 Å². The van der Waals surface area contributed by atoms with Gasteiger partial charge in [-0.3, -0.25) is 0 Å². The summed E-state index contributed by atoms with van der Waals surface area (Å²) in [4.78, 5) is 11.2. The Morgan fingerprint density at radius 3 is 2.84 bits per heavy atom. The number of nitrogens with zero attached hydrogens (tertiary/aromatic N) is 4. The Morgan fingerprint density at radius 1 is 1.32 bits per heavy atom. The van der Waals surface area contributed by atoms with E-state index in [1.165, 1.54) is 0 Å². The van der Waals surface area contributed by atoms with E-state index in [4.69, 9.17) is 9.26 Å². The molecule has 25 heavy (non-hydrogen) atoms. The largest absolute Gasteiger partial charge is 0.389 e. The number of aromatic nitrogens is 3. The summed E-state index contributed by atoms with van der Waals surface area (Å²) >= 11 is 0. The van der Waals surface area contributed by atoms with E-state index in [0.717, 1.165) is 43.7 Å². The van der Waals surface area contributed by atoms with E-state index in [0.29, 0.717) is 30.8 Å². The molecule has 1 saturated heterocycles. The first kappa shape index (κ1) is 18.0. The normalized spacial score (nSPS) is 17.7. The van der Waals surface area contributed by atoms with Gasteiger partial charge in [0.15, 0.2) is 0 Å². The van der Waals surface area contributed by atoms with Crippen molar-refractivity contribution < 1.29 is 14.4 Å². The second-order valence-corrected chi connectivity index (χ2v) is 6.73. The van der Waals surface area contributed by atoms with Crippen LogP contribution in [-0.2, 0) is 11.2 Å². The molecular weight excluding hydrogens is 320 g/mol. The molecule has 0 spiro atoms. The van der Waals surface area contributed by atoms with E-state index >= 15 is 0 Å². The summed E-state index contributed by atoms with van der Waals surface area (Å²) in [6, 6.07) is 5.79. The highest BCUT2D eigenvalue weighted by atomic mass is 16.5. The standard InChI is InChI=1S/C18H26N4O3/c1-13-4-3-5-16(19-13)18-20-17(25-21-18)10-14-6-8-22(9-7-14)11-15(23)12-24-2/h3-5,14-15,23H,6-12H2,1-2H3. The lowest BCUT2D eigenvalue weighted by atomic mass is 9.93. The molecule has 1 aliphatic heterocycles. The smallest absolute Gasteiger partial charge is 0.227 e. The Hall–Kier alpha value is -1.83. The van der Waals surface area contributed by atoms with Gasteiger partial charge in [-0.15, -0.1) is 0 Å². The van der Waals surface area contributed by atoms with Crippen molar-refractivity contribution in [3.05, 3.63) is 29.8 Å². The predicted octanol–water partition coefficient (Wildman–Crippen LogP) is 1.70. The highest BCUT2D eigenvalue weighted by Crippen LogP contribution is 2.22. The van der Waals surface area contributed by atoms with Gasteiger partial charge < -0.3 is 19.3 Å². The monoisotopic (exact) mass is 346 g/mol. The van der Waals surface area contributed by atoms with E-state index in [1.54, 1.807) is 7.11 Å². The maximum Gasteiger partial charge on any atom is 0.227 e. The third kappa shape index (κ3) is 5.07. The molecular formula is C18H26N4O3. The molecule has 1 unspecified atom stereocenters. The van der Waals surface area contributed by atoms with Gasteiger partial charge in [0, 0.05) is 25.8 Å². The molecule has 3 rings (SSSR count).